The first-order chi connectivity index (χ1) is 11.2. The minimum atomic E-state index is 0.228. The van der Waals surface area contributed by atoms with Gasteiger partial charge in [-0.05, 0) is 43.2 Å². The lowest BCUT2D eigenvalue weighted by Gasteiger charge is -2.42. The molecule has 2 saturated heterocycles. The minimum absolute atomic E-state index is 0.228. The van der Waals surface area contributed by atoms with Crippen LogP contribution in [-0.2, 0) is 6.42 Å². The molecule has 1 aliphatic carbocycles. The van der Waals surface area contributed by atoms with Crippen molar-refractivity contribution in [3.05, 3.63) is 35.4 Å². The lowest BCUT2D eigenvalue weighted by Crippen LogP contribution is -2.47. The zero-order valence-electron chi connectivity index (χ0n) is 14.1. The SMILES string of the molecule is CN1CCN(C2CCN(C3CCCc4ccccc43)CC2)C1=O. The van der Waals surface area contributed by atoms with Gasteiger partial charge in [-0.2, -0.15) is 0 Å². The number of rotatable bonds is 2. The van der Waals surface area contributed by atoms with Crippen molar-refractivity contribution in [3.63, 3.8) is 0 Å². The van der Waals surface area contributed by atoms with Crippen LogP contribution >= 0.6 is 0 Å². The summed E-state index contributed by atoms with van der Waals surface area (Å²) in [6.45, 7) is 4.04. The van der Waals surface area contributed by atoms with E-state index in [4.69, 9.17) is 0 Å². The van der Waals surface area contributed by atoms with E-state index >= 15 is 0 Å². The highest BCUT2D eigenvalue weighted by atomic mass is 16.2. The summed E-state index contributed by atoms with van der Waals surface area (Å²) in [5.74, 6) is 0. The quantitative estimate of drug-likeness (QED) is 0.839. The van der Waals surface area contributed by atoms with Crippen molar-refractivity contribution in [1.29, 1.82) is 0 Å². The summed E-state index contributed by atoms with van der Waals surface area (Å²) in [5, 5.41) is 0. The van der Waals surface area contributed by atoms with Gasteiger partial charge in [0.15, 0.2) is 0 Å². The molecule has 23 heavy (non-hydrogen) atoms. The van der Waals surface area contributed by atoms with E-state index < -0.39 is 0 Å². The number of amides is 2. The highest BCUT2D eigenvalue weighted by Crippen LogP contribution is 2.36. The normalized spacial score (nSPS) is 26.7. The Labute approximate surface area is 139 Å². The second-order valence-corrected chi connectivity index (χ2v) is 7.27. The van der Waals surface area contributed by atoms with Gasteiger partial charge in [-0.3, -0.25) is 4.90 Å². The maximum atomic E-state index is 12.2. The van der Waals surface area contributed by atoms with Gasteiger partial charge in [0.1, 0.15) is 0 Å². The summed E-state index contributed by atoms with van der Waals surface area (Å²) in [5.41, 5.74) is 3.09. The molecular weight excluding hydrogens is 286 g/mol. The molecule has 0 bridgehead atoms. The largest absolute Gasteiger partial charge is 0.326 e. The third-order valence-electron chi connectivity index (χ3n) is 5.97. The molecule has 2 heterocycles. The number of hydrogen-bond acceptors (Lipinski definition) is 2. The van der Waals surface area contributed by atoms with Gasteiger partial charge in [0, 0.05) is 45.3 Å². The van der Waals surface area contributed by atoms with Gasteiger partial charge in [-0.25, -0.2) is 4.79 Å². The zero-order chi connectivity index (χ0) is 15.8. The molecule has 1 aromatic carbocycles. The number of aryl methyl sites for hydroxylation is 1. The Morgan fingerprint density at radius 2 is 1.78 bits per heavy atom. The number of nitrogens with zero attached hydrogens (tertiary/aromatic N) is 3. The molecule has 0 N–H and O–H groups in total. The van der Waals surface area contributed by atoms with E-state index in [1.165, 1.54) is 19.3 Å². The van der Waals surface area contributed by atoms with Crippen molar-refractivity contribution in [1.82, 2.24) is 14.7 Å². The fourth-order valence-electron chi connectivity index (χ4n) is 4.62. The number of hydrogen-bond donors (Lipinski definition) is 0. The molecule has 4 nitrogen and oxygen atoms in total. The van der Waals surface area contributed by atoms with Crippen molar-refractivity contribution in [3.8, 4) is 0 Å². The average Bonchev–Trinajstić information content (AvgIpc) is 2.94. The summed E-state index contributed by atoms with van der Waals surface area (Å²) in [4.78, 5) is 18.8. The lowest BCUT2D eigenvalue weighted by atomic mass is 9.85. The molecule has 1 unspecified atom stereocenters. The van der Waals surface area contributed by atoms with E-state index in [9.17, 15) is 4.79 Å². The molecule has 2 fully saturated rings. The van der Waals surface area contributed by atoms with E-state index in [0.717, 1.165) is 39.0 Å². The van der Waals surface area contributed by atoms with Crippen LogP contribution in [0.15, 0.2) is 24.3 Å². The molecular formula is C19H27N3O. The molecule has 4 rings (SSSR count). The highest BCUT2D eigenvalue weighted by Gasteiger charge is 2.35. The first kappa shape index (κ1) is 15.0. The maximum Gasteiger partial charge on any atom is 0.320 e. The van der Waals surface area contributed by atoms with E-state index in [1.807, 2.05) is 11.9 Å². The molecule has 0 spiro atoms. The molecule has 1 atom stereocenters. The number of piperidine rings is 1. The molecule has 4 heteroatoms. The smallest absolute Gasteiger partial charge is 0.320 e. The number of benzene rings is 1. The summed E-state index contributed by atoms with van der Waals surface area (Å²) in [7, 11) is 1.91. The van der Waals surface area contributed by atoms with Gasteiger partial charge in [0.2, 0.25) is 0 Å². The highest BCUT2D eigenvalue weighted by molar-refractivity contribution is 5.76. The first-order valence-corrected chi connectivity index (χ1v) is 9.07. The Balaban J connectivity index is 1.42. The van der Waals surface area contributed by atoms with Crippen molar-refractivity contribution >= 4 is 6.03 Å². The van der Waals surface area contributed by atoms with Gasteiger partial charge in [0.05, 0.1) is 0 Å². The van der Waals surface area contributed by atoms with E-state index in [0.29, 0.717) is 12.1 Å². The third-order valence-corrected chi connectivity index (χ3v) is 5.97. The zero-order valence-corrected chi connectivity index (χ0v) is 14.1. The molecule has 0 radical (unpaired) electrons. The van der Waals surface area contributed by atoms with Crippen LogP contribution in [-0.4, -0.2) is 60.0 Å². The number of likely N-dealkylation sites (tertiary alicyclic amines) is 1. The lowest BCUT2D eigenvalue weighted by molar-refractivity contribution is 0.0963. The summed E-state index contributed by atoms with van der Waals surface area (Å²) < 4.78 is 0. The van der Waals surface area contributed by atoms with E-state index in [1.54, 1.807) is 11.1 Å². The molecule has 0 saturated carbocycles. The molecule has 0 aromatic heterocycles. The monoisotopic (exact) mass is 313 g/mol. The Morgan fingerprint density at radius 1 is 1.00 bits per heavy atom. The van der Waals surface area contributed by atoms with Crippen LogP contribution in [0.5, 0.6) is 0 Å². The topological polar surface area (TPSA) is 26.8 Å². The summed E-state index contributed by atoms with van der Waals surface area (Å²) in [6.07, 6.45) is 6.07. The van der Waals surface area contributed by atoms with Crippen molar-refractivity contribution in [2.24, 2.45) is 0 Å². The molecule has 3 aliphatic rings. The van der Waals surface area contributed by atoms with Gasteiger partial charge < -0.3 is 9.80 Å². The number of urea groups is 1. The van der Waals surface area contributed by atoms with Crippen LogP contribution in [0.25, 0.3) is 0 Å². The van der Waals surface area contributed by atoms with Crippen LogP contribution in [0.2, 0.25) is 0 Å². The Morgan fingerprint density at radius 3 is 2.52 bits per heavy atom. The van der Waals surface area contributed by atoms with Crippen LogP contribution in [0.3, 0.4) is 0 Å². The maximum absolute atomic E-state index is 12.2. The fraction of sp³-hybridized carbons (Fsp3) is 0.632. The second kappa shape index (κ2) is 6.16. The number of carbonyl (C=O) groups is 1. The van der Waals surface area contributed by atoms with Gasteiger partial charge in [-0.1, -0.05) is 24.3 Å². The predicted octanol–water partition coefficient (Wildman–Crippen LogP) is 2.90. The van der Waals surface area contributed by atoms with Gasteiger partial charge >= 0.3 is 6.03 Å². The summed E-state index contributed by atoms with van der Waals surface area (Å²) >= 11 is 0. The first-order valence-electron chi connectivity index (χ1n) is 9.07. The Kier molecular flexibility index (Phi) is 4.02. The third kappa shape index (κ3) is 2.74. The van der Waals surface area contributed by atoms with Crippen molar-refractivity contribution < 1.29 is 4.79 Å². The fourth-order valence-corrected chi connectivity index (χ4v) is 4.62. The number of likely N-dealkylation sites (N-methyl/N-ethyl adjacent to an activating group) is 1. The van der Waals surface area contributed by atoms with Crippen LogP contribution in [0.1, 0.15) is 42.9 Å². The predicted molar refractivity (Wildman–Crippen MR) is 91.4 cm³/mol. The van der Waals surface area contributed by atoms with Gasteiger partial charge in [0.25, 0.3) is 0 Å². The van der Waals surface area contributed by atoms with E-state index in [-0.39, 0.29) is 6.03 Å². The van der Waals surface area contributed by atoms with Crippen molar-refractivity contribution in [2.45, 2.75) is 44.2 Å². The molecule has 2 aliphatic heterocycles. The van der Waals surface area contributed by atoms with Crippen LogP contribution in [0, 0.1) is 0 Å². The minimum Gasteiger partial charge on any atom is -0.326 e. The second-order valence-electron chi connectivity index (χ2n) is 7.27. The molecule has 124 valence electrons. The molecule has 1 aromatic rings. The van der Waals surface area contributed by atoms with Gasteiger partial charge in [-0.15, -0.1) is 0 Å². The number of carbonyl (C=O) groups excluding carboxylic acids is 1. The molecule has 2 amide bonds. The Bertz CT molecular complexity index is 580. The number of fused-ring (bicyclic) bond motifs is 1. The summed E-state index contributed by atoms with van der Waals surface area (Å²) in [6, 6.07) is 10.2. The van der Waals surface area contributed by atoms with Crippen LogP contribution in [0.4, 0.5) is 4.79 Å². The Hall–Kier alpha value is -1.55. The van der Waals surface area contributed by atoms with Crippen molar-refractivity contribution in [2.75, 3.05) is 33.2 Å². The average molecular weight is 313 g/mol. The standard InChI is InChI=1S/C19H27N3O/c1-20-13-14-22(19(20)23)16-9-11-21(12-10-16)18-8-4-6-15-5-2-3-7-17(15)18/h2-3,5,7,16,18H,4,6,8-14H2,1H3. The van der Waals surface area contributed by atoms with E-state index in [2.05, 4.69) is 34.1 Å². The van der Waals surface area contributed by atoms with Crippen LogP contribution < -0.4 is 0 Å².